The third-order valence-electron chi connectivity index (χ3n) is 5.42. The predicted octanol–water partition coefficient (Wildman–Crippen LogP) is 3.49. The summed E-state index contributed by atoms with van der Waals surface area (Å²) in [7, 11) is 0. The lowest BCUT2D eigenvalue weighted by Crippen LogP contribution is -2.36. The molecule has 2 aromatic heterocycles. The van der Waals surface area contributed by atoms with Gasteiger partial charge >= 0.3 is 0 Å². The van der Waals surface area contributed by atoms with Crippen molar-refractivity contribution in [3.05, 3.63) is 59.9 Å². The van der Waals surface area contributed by atoms with Gasteiger partial charge in [0.25, 0.3) is 5.89 Å². The number of hydrogen-bond acceptors (Lipinski definition) is 8. The number of morpholine rings is 1. The summed E-state index contributed by atoms with van der Waals surface area (Å²) in [5, 5.41) is 8.61. The second-order valence-corrected chi connectivity index (χ2v) is 7.61. The zero-order valence-corrected chi connectivity index (χ0v) is 18.1. The maximum absolute atomic E-state index is 12.3. The van der Waals surface area contributed by atoms with Crippen molar-refractivity contribution in [1.82, 2.24) is 24.9 Å². The van der Waals surface area contributed by atoms with Crippen molar-refractivity contribution in [3.63, 3.8) is 0 Å². The van der Waals surface area contributed by atoms with Crippen LogP contribution >= 0.6 is 0 Å². The van der Waals surface area contributed by atoms with Gasteiger partial charge in [-0.1, -0.05) is 17.3 Å². The van der Waals surface area contributed by atoms with Crippen molar-refractivity contribution < 1.29 is 18.4 Å². The highest BCUT2D eigenvalue weighted by Crippen LogP contribution is 2.24. The fraction of sp³-hybridized carbons (Fsp3) is 0.304. The Morgan fingerprint density at radius 2 is 1.85 bits per heavy atom. The SMILES string of the molecule is Cc1nc(-c2noc(-c3ccc(OCF)cc3)n2)nn1Cc1cccc(N2CCOCC2)c1. The first-order valence-corrected chi connectivity index (χ1v) is 10.7. The summed E-state index contributed by atoms with van der Waals surface area (Å²) in [6.07, 6.45) is 0. The fourth-order valence-corrected chi connectivity index (χ4v) is 3.70. The quantitative estimate of drug-likeness (QED) is 0.423. The van der Waals surface area contributed by atoms with Gasteiger partial charge < -0.3 is 18.9 Å². The van der Waals surface area contributed by atoms with Gasteiger partial charge in [-0.15, -0.1) is 5.10 Å². The molecule has 10 heteroatoms. The number of ether oxygens (including phenoxy) is 2. The fourth-order valence-electron chi connectivity index (χ4n) is 3.70. The van der Waals surface area contributed by atoms with Crippen LogP contribution in [-0.2, 0) is 11.3 Å². The molecule has 9 nitrogen and oxygen atoms in total. The van der Waals surface area contributed by atoms with Crippen LogP contribution in [0.1, 0.15) is 11.4 Å². The summed E-state index contributed by atoms with van der Waals surface area (Å²) < 4.78 is 29.7. The number of aryl methyl sites for hydroxylation is 1. The second kappa shape index (κ2) is 9.37. The normalized spacial score (nSPS) is 13.9. The van der Waals surface area contributed by atoms with Crippen molar-refractivity contribution >= 4 is 5.69 Å². The zero-order valence-electron chi connectivity index (χ0n) is 18.1. The first-order valence-electron chi connectivity index (χ1n) is 10.7. The maximum Gasteiger partial charge on any atom is 0.258 e. The molecule has 5 rings (SSSR count). The zero-order chi connectivity index (χ0) is 22.6. The highest BCUT2D eigenvalue weighted by atomic mass is 19.1. The molecule has 33 heavy (non-hydrogen) atoms. The van der Waals surface area contributed by atoms with E-state index < -0.39 is 6.86 Å². The maximum atomic E-state index is 12.3. The predicted molar refractivity (Wildman–Crippen MR) is 119 cm³/mol. The molecular weight excluding hydrogens is 427 g/mol. The van der Waals surface area contributed by atoms with E-state index in [0.29, 0.717) is 35.4 Å². The Bertz CT molecular complexity index is 1220. The Kier molecular flexibility index (Phi) is 5.99. The molecule has 0 aliphatic carbocycles. The van der Waals surface area contributed by atoms with E-state index in [2.05, 4.69) is 49.4 Å². The van der Waals surface area contributed by atoms with E-state index in [1.807, 2.05) is 11.6 Å². The average molecular weight is 450 g/mol. The van der Waals surface area contributed by atoms with Crippen molar-refractivity contribution in [2.24, 2.45) is 0 Å². The number of halogens is 1. The topological polar surface area (TPSA) is 91.3 Å². The molecule has 1 aliphatic heterocycles. The van der Waals surface area contributed by atoms with E-state index in [-0.39, 0.29) is 0 Å². The summed E-state index contributed by atoms with van der Waals surface area (Å²) in [5.74, 6) is 2.20. The molecule has 1 saturated heterocycles. The van der Waals surface area contributed by atoms with Gasteiger partial charge in [-0.2, -0.15) is 4.98 Å². The minimum atomic E-state index is -0.880. The molecule has 0 unspecified atom stereocenters. The summed E-state index contributed by atoms with van der Waals surface area (Å²) >= 11 is 0. The molecule has 0 radical (unpaired) electrons. The average Bonchev–Trinajstić information content (AvgIpc) is 3.48. The lowest BCUT2D eigenvalue weighted by atomic mass is 10.2. The number of benzene rings is 2. The summed E-state index contributed by atoms with van der Waals surface area (Å²) in [6, 6.07) is 15.2. The Hall–Kier alpha value is -3.79. The van der Waals surface area contributed by atoms with Crippen LogP contribution in [0.5, 0.6) is 5.75 Å². The lowest BCUT2D eigenvalue weighted by Gasteiger charge is -2.29. The minimum Gasteiger partial charge on any atom is -0.463 e. The lowest BCUT2D eigenvalue weighted by molar-refractivity contribution is 0.122. The van der Waals surface area contributed by atoms with Gasteiger partial charge in [0.1, 0.15) is 11.6 Å². The van der Waals surface area contributed by atoms with Gasteiger partial charge in [0.05, 0.1) is 19.8 Å². The third-order valence-corrected chi connectivity index (χ3v) is 5.42. The van der Waals surface area contributed by atoms with Crippen LogP contribution in [0.15, 0.2) is 53.1 Å². The van der Waals surface area contributed by atoms with Crippen LogP contribution in [0, 0.1) is 6.92 Å². The van der Waals surface area contributed by atoms with Gasteiger partial charge in [0, 0.05) is 24.3 Å². The molecule has 0 saturated carbocycles. The second-order valence-electron chi connectivity index (χ2n) is 7.61. The molecule has 4 aromatic rings. The van der Waals surface area contributed by atoms with Crippen LogP contribution in [0.25, 0.3) is 23.1 Å². The van der Waals surface area contributed by atoms with Crippen molar-refractivity contribution in [2.75, 3.05) is 38.1 Å². The standard InChI is InChI=1S/C23H23FN6O3/c1-16-25-21(22-26-23(33-28-22)18-5-7-20(8-6-18)32-15-24)27-30(16)14-17-3-2-4-19(13-17)29-9-11-31-12-10-29/h2-8,13H,9-12,14-15H2,1H3. The van der Waals surface area contributed by atoms with Gasteiger partial charge in [-0.3, -0.25) is 0 Å². The molecular formula is C23H23FN6O3. The molecule has 0 bridgehead atoms. The van der Waals surface area contributed by atoms with Crippen LogP contribution in [0.3, 0.4) is 0 Å². The molecule has 0 atom stereocenters. The number of aromatic nitrogens is 5. The summed E-state index contributed by atoms with van der Waals surface area (Å²) in [5.41, 5.74) is 3.00. The van der Waals surface area contributed by atoms with E-state index in [9.17, 15) is 4.39 Å². The summed E-state index contributed by atoms with van der Waals surface area (Å²) in [6.45, 7) is 4.87. The van der Waals surface area contributed by atoms with Crippen LogP contribution < -0.4 is 9.64 Å². The van der Waals surface area contributed by atoms with Crippen LogP contribution in [0.2, 0.25) is 0 Å². The first-order chi connectivity index (χ1) is 16.2. The van der Waals surface area contributed by atoms with E-state index >= 15 is 0 Å². The van der Waals surface area contributed by atoms with Gasteiger partial charge in [0.2, 0.25) is 18.5 Å². The Balaban J connectivity index is 1.32. The summed E-state index contributed by atoms with van der Waals surface area (Å²) in [4.78, 5) is 11.2. The van der Waals surface area contributed by atoms with E-state index in [0.717, 1.165) is 37.7 Å². The third kappa shape index (κ3) is 4.70. The number of nitrogens with zero attached hydrogens (tertiary/aromatic N) is 6. The molecule has 1 aliphatic rings. The molecule has 0 spiro atoms. The highest BCUT2D eigenvalue weighted by molar-refractivity contribution is 5.57. The number of anilines is 1. The number of alkyl halides is 1. The molecule has 170 valence electrons. The minimum absolute atomic E-state index is 0.304. The van der Waals surface area contributed by atoms with Gasteiger partial charge in [0.15, 0.2) is 0 Å². The Labute approximate surface area is 189 Å². The van der Waals surface area contributed by atoms with Gasteiger partial charge in [-0.25, -0.2) is 14.1 Å². The highest BCUT2D eigenvalue weighted by Gasteiger charge is 2.17. The number of rotatable bonds is 7. The van der Waals surface area contributed by atoms with E-state index in [4.69, 9.17) is 14.0 Å². The molecule has 0 amide bonds. The van der Waals surface area contributed by atoms with Crippen molar-refractivity contribution in [3.8, 4) is 28.9 Å². The smallest absolute Gasteiger partial charge is 0.258 e. The van der Waals surface area contributed by atoms with E-state index in [1.165, 1.54) is 5.69 Å². The van der Waals surface area contributed by atoms with Crippen molar-refractivity contribution in [1.29, 1.82) is 0 Å². The first kappa shape index (κ1) is 21.1. The monoisotopic (exact) mass is 450 g/mol. The van der Waals surface area contributed by atoms with E-state index in [1.54, 1.807) is 24.3 Å². The van der Waals surface area contributed by atoms with Gasteiger partial charge in [-0.05, 0) is 48.9 Å². The van der Waals surface area contributed by atoms with Crippen LogP contribution in [-0.4, -0.2) is 58.1 Å². The molecule has 2 aromatic carbocycles. The number of hydrogen-bond donors (Lipinski definition) is 0. The molecule has 1 fully saturated rings. The van der Waals surface area contributed by atoms with Crippen molar-refractivity contribution in [2.45, 2.75) is 13.5 Å². The Morgan fingerprint density at radius 3 is 2.64 bits per heavy atom. The molecule has 3 heterocycles. The Morgan fingerprint density at radius 1 is 1.03 bits per heavy atom. The molecule has 0 N–H and O–H groups in total. The largest absolute Gasteiger partial charge is 0.463 e. The van der Waals surface area contributed by atoms with Crippen LogP contribution in [0.4, 0.5) is 10.1 Å².